The molecule has 0 radical (unpaired) electrons. The summed E-state index contributed by atoms with van der Waals surface area (Å²) in [5.41, 5.74) is 0. The Morgan fingerprint density at radius 2 is 2.10 bits per heavy atom. The fourth-order valence-corrected chi connectivity index (χ4v) is 3.71. The van der Waals surface area contributed by atoms with Gasteiger partial charge in [-0.2, -0.15) is 11.8 Å². The minimum absolute atomic E-state index is 0.0482. The molecule has 0 bridgehead atoms. The summed E-state index contributed by atoms with van der Waals surface area (Å²) in [6.45, 7) is 4.86. The second-order valence-electron chi connectivity index (χ2n) is 4.49. The molecule has 0 saturated heterocycles. The molecular weight excluding hydrogens is 294 g/mol. The van der Waals surface area contributed by atoms with Crippen LogP contribution < -0.4 is 10.0 Å². The number of pyridine rings is 1. The molecule has 1 rings (SSSR count). The lowest BCUT2D eigenvalue weighted by atomic mass is 10.3. The number of hydrogen-bond donors (Lipinski definition) is 2. The maximum Gasteiger partial charge on any atom is 0.242 e. The Labute approximate surface area is 126 Å². The van der Waals surface area contributed by atoms with Gasteiger partial charge in [0, 0.05) is 24.5 Å². The van der Waals surface area contributed by atoms with E-state index in [0.717, 1.165) is 25.1 Å². The van der Waals surface area contributed by atoms with Crippen LogP contribution in [0.3, 0.4) is 0 Å². The summed E-state index contributed by atoms with van der Waals surface area (Å²) in [7, 11) is -3.48. The van der Waals surface area contributed by atoms with Gasteiger partial charge in [-0.3, -0.25) is 0 Å². The number of rotatable bonds is 9. The fraction of sp³-hybridized carbons (Fsp3) is 0.615. The van der Waals surface area contributed by atoms with Gasteiger partial charge in [-0.05, 0) is 31.2 Å². The summed E-state index contributed by atoms with van der Waals surface area (Å²) in [5.74, 6) is 1.46. The van der Waals surface area contributed by atoms with Gasteiger partial charge in [0.2, 0.25) is 10.0 Å². The van der Waals surface area contributed by atoms with E-state index >= 15 is 0 Å². The molecule has 1 atom stereocenters. The summed E-state index contributed by atoms with van der Waals surface area (Å²) in [6, 6.07) is 3.23. The molecule has 1 aromatic heterocycles. The molecule has 0 aliphatic rings. The smallest absolute Gasteiger partial charge is 0.242 e. The van der Waals surface area contributed by atoms with Gasteiger partial charge < -0.3 is 5.32 Å². The SMILES string of the molecule is CCCNc1ccc(S(=O)(=O)NC(CC)CSC)cn1. The molecule has 20 heavy (non-hydrogen) atoms. The number of nitrogens with zero attached hydrogens (tertiary/aromatic N) is 1. The van der Waals surface area contributed by atoms with Crippen molar-refractivity contribution >= 4 is 27.6 Å². The van der Waals surface area contributed by atoms with E-state index in [-0.39, 0.29) is 10.9 Å². The zero-order valence-electron chi connectivity index (χ0n) is 12.2. The van der Waals surface area contributed by atoms with Crippen LogP contribution in [0.4, 0.5) is 5.82 Å². The number of sulfonamides is 1. The number of anilines is 1. The lowest BCUT2D eigenvalue weighted by Gasteiger charge is -2.16. The van der Waals surface area contributed by atoms with E-state index in [1.165, 1.54) is 6.20 Å². The largest absolute Gasteiger partial charge is 0.370 e. The molecule has 1 unspecified atom stereocenters. The van der Waals surface area contributed by atoms with Crippen LogP contribution in [0.15, 0.2) is 23.2 Å². The number of nitrogens with one attached hydrogen (secondary N) is 2. The summed E-state index contributed by atoms with van der Waals surface area (Å²) in [5, 5.41) is 3.12. The predicted molar refractivity (Wildman–Crippen MR) is 85.8 cm³/mol. The molecule has 0 amide bonds. The third kappa shape index (κ3) is 5.30. The van der Waals surface area contributed by atoms with Gasteiger partial charge in [0.05, 0.1) is 0 Å². The number of aromatic nitrogens is 1. The monoisotopic (exact) mass is 317 g/mol. The van der Waals surface area contributed by atoms with Gasteiger partial charge >= 0.3 is 0 Å². The summed E-state index contributed by atoms with van der Waals surface area (Å²) in [6.07, 6.45) is 5.12. The Morgan fingerprint density at radius 3 is 2.60 bits per heavy atom. The Balaban J connectivity index is 2.76. The average molecular weight is 317 g/mol. The van der Waals surface area contributed by atoms with Crippen molar-refractivity contribution in [2.45, 2.75) is 37.6 Å². The summed E-state index contributed by atoms with van der Waals surface area (Å²) < 4.78 is 27.2. The van der Waals surface area contributed by atoms with Crippen molar-refractivity contribution in [2.75, 3.05) is 23.9 Å². The van der Waals surface area contributed by atoms with E-state index in [1.807, 2.05) is 13.2 Å². The Bertz CT molecular complexity index is 489. The van der Waals surface area contributed by atoms with Gasteiger partial charge in [0.15, 0.2) is 0 Å². The molecule has 5 nitrogen and oxygen atoms in total. The first-order chi connectivity index (χ1) is 9.53. The molecular formula is C13H23N3O2S2. The van der Waals surface area contributed by atoms with E-state index in [2.05, 4.69) is 21.9 Å². The second-order valence-corrected chi connectivity index (χ2v) is 7.11. The Hall–Kier alpha value is -0.790. The number of thioether (sulfide) groups is 1. The van der Waals surface area contributed by atoms with Crippen LogP contribution in [0.5, 0.6) is 0 Å². The zero-order chi connectivity index (χ0) is 15.0. The van der Waals surface area contributed by atoms with Crippen molar-refractivity contribution in [1.82, 2.24) is 9.71 Å². The van der Waals surface area contributed by atoms with Gasteiger partial charge in [0.1, 0.15) is 10.7 Å². The highest BCUT2D eigenvalue weighted by molar-refractivity contribution is 7.98. The van der Waals surface area contributed by atoms with Crippen LogP contribution in [0.2, 0.25) is 0 Å². The molecule has 0 aromatic carbocycles. The zero-order valence-corrected chi connectivity index (χ0v) is 13.9. The molecule has 0 aliphatic carbocycles. The standard InChI is InChI=1S/C13H23N3O2S2/c1-4-8-14-13-7-6-12(9-15-13)20(17,18)16-11(5-2)10-19-3/h6-7,9,11,16H,4-5,8,10H2,1-3H3,(H,14,15). The van der Waals surface area contributed by atoms with Crippen molar-refractivity contribution < 1.29 is 8.42 Å². The summed E-state index contributed by atoms with van der Waals surface area (Å²) in [4.78, 5) is 4.33. The first-order valence-corrected chi connectivity index (χ1v) is 9.62. The first-order valence-electron chi connectivity index (χ1n) is 6.74. The molecule has 0 fully saturated rings. The molecule has 1 heterocycles. The lowest BCUT2D eigenvalue weighted by Crippen LogP contribution is -2.36. The van der Waals surface area contributed by atoms with E-state index in [4.69, 9.17) is 0 Å². The third-order valence-electron chi connectivity index (χ3n) is 2.79. The third-order valence-corrected chi connectivity index (χ3v) is 5.03. The van der Waals surface area contributed by atoms with E-state index in [1.54, 1.807) is 23.9 Å². The van der Waals surface area contributed by atoms with Gasteiger partial charge in [-0.1, -0.05) is 13.8 Å². The minimum Gasteiger partial charge on any atom is -0.370 e. The highest BCUT2D eigenvalue weighted by atomic mass is 32.2. The van der Waals surface area contributed by atoms with Crippen LogP contribution in [0.1, 0.15) is 26.7 Å². The van der Waals surface area contributed by atoms with Crippen molar-refractivity contribution in [3.8, 4) is 0 Å². The minimum atomic E-state index is -3.48. The fourth-order valence-electron chi connectivity index (χ4n) is 1.62. The topological polar surface area (TPSA) is 71.1 Å². The molecule has 114 valence electrons. The molecule has 2 N–H and O–H groups in total. The maximum atomic E-state index is 12.2. The molecule has 1 aromatic rings. The van der Waals surface area contributed by atoms with Crippen LogP contribution in [-0.2, 0) is 10.0 Å². The van der Waals surface area contributed by atoms with Crippen LogP contribution in [0.25, 0.3) is 0 Å². The van der Waals surface area contributed by atoms with Crippen LogP contribution in [-0.4, -0.2) is 38.0 Å². The normalized spacial score (nSPS) is 13.2. The van der Waals surface area contributed by atoms with Crippen molar-refractivity contribution in [2.24, 2.45) is 0 Å². The number of hydrogen-bond acceptors (Lipinski definition) is 5. The Morgan fingerprint density at radius 1 is 1.35 bits per heavy atom. The maximum absolute atomic E-state index is 12.2. The van der Waals surface area contributed by atoms with E-state index in [9.17, 15) is 8.42 Å². The van der Waals surface area contributed by atoms with E-state index < -0.39 is 10.0 Å². The van der Waals surface area contributed by atoms with Crippen molar-refractivity contribution in [3.05, 3.63) is 18.3 Å². The van der Waals surface area contributed by atoms with Crippen molar-refractivity contribution in [1.29, 1.82) is 0 Å². The molecule has 0 aliphatic heterocycles. The average Bonchev–Trinajstić information content (AvgIpc) is 2.45. The molecule has 0 saturated carbocycles. The lowest BCUT2D eigenvalue weighted by molar-refractivity contribution is 0.558. The predicted octanol–water partition coefficient (Wildman–Crippen LogP) is 2.32. The van der Waals surface area contributed by atoms with Gasteiger partial charge in [-0.25, -0.2) is 18.1 Å². The first kappa shape index (κ1) is 17.3. The van der Waals surface area contributed by atoms with Crippen LogP contribution in [0, 0.1) is 0 Å². The van der Waals surface area contributed by atoms with E-state index in [0.29, 0.717) is 5.82 Å². The highest BCUT2D eigenvalue weighted by Gasteiger charge is 2.19. The quantitative estimate of drug-likeness (QED) is 0.731. The highest BCUT2D eigenvalue weighted by Crippen LogP contribution is 2.13. The molecule has 7 heteroatoms. The molecule has 0 spiro atoms. The second kappa shape index (κ2) is 8.49. The summed E-state index contributed by atoms with van der Waals surface area (Å²) >= 11 is 1.63. The van der Waals surface area contributed by atoms with Gasteiger partial charge in [0.25, 0.3) is 0 Å². The van der Waals surface area contributed by atoms with Gasteiger partial charge in [-0.15, -0.1) is 0 Å². The van der Waals surface area contributed by atoms with Crippen molar-refractivity contribution in [3.63, 3.8) is 0 Å². The van der Waals surface area contributed by atoms with Crippen LogP contribution >= 0.6 is 11.8 Å². The Kier molecular flexibility index (Phi) is 7.32.